The van der Waals surface area contributed by atoms with Crippen LogP contribution in [-0.4, -0.2) is 71.3 Å². The summed E-state index contributed by atoms with van der Waals surface area (Å²) in [7, 11) is 3.13. The highest BCUT2D eigenvalue weighted by atomic mass is 35.5. The fourth-order valence-electron chi connectivity index (χ4n) is 4.15. The summed E-state index contributed by atoms with van der Waals surface area (Å²) in [5, 5.41) is 1.11. The van der Waals surface area contributed by atoms with Crippen molar-refractivity contribution in [2.24, 2.45) is 4.99 Å². The molecule has 0 aliphatic carbocycles. The van der Waals surface area contributed by atoms with Crippen LogP contribution in [0, 0.1) is 0 Å². The third-order valence-corrected chi connectivity index (χ3v) is 6.60. The number of halogens is 2. The van der Waals surface area contributed by atoms with Crippen molar-refractivity contribution in [3.8, 4) is 5.75 Å². The number of hydrogen-bond donors (Lipinski definition) is 0. The van der Waals surface area contributed by atoms with Gasteiger partial charge in [0.25, 0.3) is 5.91 Å². The Hall–Kier alpha value is -3.10. The highest BCUT2D eigenvalue weighted by Gasteiger charge is 2.54. The van der Waals surface area contributed by atoms with Gasteiger partial charge in [-0.3, -0.25) is 14.6 Å². The molecule has 8 nitrogen and oxygen atoms in total. The molecular weight excluding hydrogens is 453 g/mol. The smallest absolute Gasteiger partial charge is 0.397 e. The number of amidine groups is 1. The molecule has 164 valence electrons. The fraction of sp³-hybridized carbons (Fsp3) is 0.273. The second-order valence-electron chi connectivity index (χ2n) is 7.74. The number of ether oxygens (including phenoxy) is 1. The van der Waals surface area contributed by atoms with Crippen LogP contribution in [0.25, 0.3) is 0 Å². The Morgan fingerprint density at radius 3 is 2.56 bits per heavy atom. The molecule has 3 aliphatic heterocycles. The Bertz CT molecular complexity index is 1190. The van der Waals surface area contributed by atoms with Gasteiger partial charge < -0.3 is 4.74 Å². The highest BCUT2D eigenvalue weighted by molar-refractivity contribution is 6.36. The number of anilines is 1. The number of fused-ring (bicyclic) bond motifs is 2. The largest absolute Gasteiger partial charge is 0.489 e. The first-order valence-corrected chi connectivity index (χ1v) is 10.8. The number of carbonyl (C=O) groups excluding carboxylic acids is 2. The van der Waals surface area contributed by atoms with Crippen molar-refractivity contribution in [1.82, 2.24) is 9.80 Å². The van der Waals surface area contributed by atoms with E-state index in [4.69, 9.17) is 27.9 Å². The molecular formula is C22H20Cl2N5O3+. The minimum Gasteiger partial charge on any atom is -0.489 e. The lowest BCUT2D eigenvalue weighted by Crippen LogP contribution is -2.61. The SMILES string of the molecule is CN1C(=O)C2C(=NC3=[N+]2CCN3c2cccc(OCc3c(Cl)cccc3Cl)c2)N(C)C1=O. The van der Waals surface area contributed by atoms with Gasteiger partial charge in [0.2, 0.25) is 11.9 Å². The van der Waals surface area contributed by atoms with E-state index in [0.29, 0.717) is 40.7 Å². The second-order valence-corrected chi connectivity index (χ2v) is 8.56. The Morgan fingerprint density at radius 1 is 1.09 bits per heavy atom. The molecule has 0 bridgehead atoms. The summed E-state index contributed by atoms with van der Waals surface area (Å²) in [6.45, 7) is 1.52. The van der Waals surface area contributed by atoms with Gasteiger partial charge in [0.05, 0.1) is 6.54 Å². The van der Waals surface area contributed by atoms with Gasteiger partial charge in [-0.1, -0.05) is 40.3 Å². The molecule has 0 radical (unpaired) electrons. The van der Waals surface area contributed by atoms with Crippen molar-refractivity contribution in [3.63, 3.8) is 0 Å². The fourth-order valence-corrected chi connectivity index (χ4v) is 4.66. The molecule has 2 aromatic rings. The van der Waals surface area contributed by atoms with Crippen molar-refractivity contribution < 1.29 is 18.9 Å². The average molecular weight is 473 g/mol. The number of benzene rings is 2. The zero-order valence-corrected chi connectivity index (χ0v) is 19.0. The number of amides is 3. The highest BCUT2D eigenvalue weighted by Crippen LogP contribution is 2.30. The molecule has 3 aliphatic rings. The molecule has 32 heavy (non-hydrogen) atoms. The van der Waals surface area contributed by atoms with E-state index in [1.807, 2.05) is 33.7 Å². The average Bonchev–Trinajstić information content (AvgIpc) is 3.35. The maximum atomic E-state index is 12.8. The van der Waals surface area contributed by atoms with Gasteiger partial charge in [-0.2, -0.15) is 0 Å². The van der Waals surface area contributed by atoms with Crippen molar-refractivity contribution in [2.45, 2.75) is 12.6 Å². The number of hydrogen-bond acceptors (Lipinski definition) is 5. The standard InChI is InChI=1S/C22H20Cl2N5O3/c1-26-19-18(20(30)27(2)22(26)31)29-10-9-28(21(29)25-19)13-5-3-6-14(11-13)32-12-15-16(23)7-4-8-17(15)24/h3-8,11,18H,9-10,12H2,1-2H3/q+1. The summed E-state index contributed by atoms with van der Waals surface area (Å²) >= 11 is 12.5. The van der Waals surface area contributed by atoms with E-state index in [1.54, 1.807) is 25.2 Å². The number of carbonyl (C=O) groups is 2. The van der Waals surface area contributed by atoms with E-state index < -0.39 is 6.04 Å². The Labute approximate surface area is 194 Å². The Morgan fingerprint density at radius 2 is 1.81 bits per heavy atom. The first-order valence-electron chi connectivity index (χ1n) is 10.1. The number of aliphatic imine (C=N–C) groups is 1. The zero-order chi connectivity index (χ0) is 22.6. The predicted molar refractivity (Wildman–Crippen MR) is 122 cm³/mol. The van der Waals surface area contributed by atoms with Gasteiger partial charge in [0.1, 0.15) is 24.6 Å². The number of rotatable bonds is 4. The van der Waals surface area contributed by atoms with Crippen LogP contribution in [0.3, 0.4) is 0 Å². The number of guanidine groups is 1. The number of imide groups is 1. The minimum atomic E-state index is -0.579. The summed E-state index contributed by atoms with van der Waals surface area (Å²) in [6.07, 6.45) is 0. The van der Waals surface area contributed by atoms with Crippen molar-refractivity contribution in [2.75, 3.05) is 32.1 Å². The molecule has 1 atom stereocenters. The number of urea groups is 1. The summed E-state index contributed by atoms with van der Waals surface area (Å²) in [5.74, 6) is 1.50. The van der Waals surface area contributed by atoms with Crippen molar-refractivity contribution in [3.05, 3.63) is 58.1 Å². The van der Waals surface area contributed by atoms with Crippen LogP contribution < -0.4 is 9.64 Å². The van der Waals surface area contributed by atoms with Gasteiger partial charge in [0.15, 0.2) is 0 Å². The molecule has 3 amide bonds. The molecule has 3 heterocycles. The lowest BCUT2D eigenvalue weighted by molar-refractivity contribution is -0.525. The van der Waals surface area contributed by atoms with Crippen LogP contribution in [0.1, 0.15) is 5.56 Å². The monoisotopic (exact) mass is 472 g/mol. The van der Waals surface area contributed by atoms with Gasteiger partial charge in [-0.05, 0) is 24.3 Å². The maximum Gasteiger partial charge on any atom is 0.397 e. The Kier molecular flexibility index (Phi) is 5.06. The van der Waals surface area contributed by atoms with E-state index in [0.717, 1.165) is 16.2 Å². The molecule has 1 fully saturated rings. The maximum absolute atomic E-state index is 12.8. The van der Waals surface area contributed by atoms with Gasteiger partial charge in [-0.25, -0.2) is 14.3 Å². The predicted octanol–water partition coefficient (Wildman–Crippen LogP) is 3.07. The normalized spacial score (nSPS) is 20.1. The second kappa shape index (κ2) is 7.79. The van der Waals surface area contributed by atoms with E-state index >= 15 is 0 Å². The van der Waals surface area contributed by atoms with Crippen LogP contribution in [0.15, 0.2) is 47.5 Å². The third-order valence-electron chi connectivity index (χ3n) is 5.89. The number of likely N-dealkylation sites (N-methyl/N-ethyl adjacent to an activating group) is 2. The minimum absolute atomic E-state index is 0.239. The van der Waals surface area contributed by atoms with Crippen LogP contribution in [-0.2, 0) is 11.4 Å². The van der Waals surface area contributed by atoms with Crippen LogP contribution >= 0.6 is 23.2 Å². The van der Waals surface area contributed by atoms with Gasteiger partial charge >= 0.3 is 12.0 Å². The van der Waals surface area contributed by atoms with Crippen molar-refractivity contribution in [1.29, 1.82) is 0 Å². The summed E-state index contributed by atoms with van der Waals surface area (Å²) in [4.78, 5) is 34.3. The van der Waals surface area contributed by atoms with E-state index in [1.165, 1.54) is 11.9 Å². The summed E-state index contributed by atoms with van der Waals surface area (Å²) in [6, 6.07) is 12.0. The molecule has 2 aromatic carbocycles. The molecule has 0 spiro atoms. The zero-order valence-electron chi connectivity index (χ0n) is 17.5. The first kappa shape index (κ1) is 20.8. The summed E-state index contributed by atoms with van der Waals surface area (Å²) < 4.78 is 7.89. The Balaban J connectivity index is 1.40. The lowest BCUT2D eigenvalue weighted by atomic mass is 10.1. The third kappa shape index (κ3) is 3.22. The number of nitrogens with zero attached hydrogens (tertiary/aromatic N) is 5. The van der Waals surface area contributed by atoms with Gasteiger partial charge in [0, 0.05) is 35.8 Å². The van der Waals surface area contributed by atoms with E-state index in [9.17, 15) is 9.59 Å². The van der Waals surface area contributed by atoms with Crippen LogP contribution in [0.4, 0.5) is 10.5 Å². The topological polar surface area (TPSA) is 68.5 Å². The summed E-state index contributed by atoms with van der Waals surface area (Å²) in [5.41, 5.74) is 1.60. The molecule has 1 unspecified atom stereocenters. The van der Waals surface area contributed by atoms with E-state index in [2.05, 4.69) is 4.99 Å². The molecule has 10 heteroatoms. The molecule has 5 rings (SSSR count). The lowest BCUT2D eigenvalue weighted by Gasteiger charge is -2.31. The molecule has 0 N–H and O–H groups in total. The first-order chi connectivity index (χ1) is 15.4. The van der Waals surface area contributed by atoms with Crippen LogP contribution in [0.2, 0.25) is 10.0 Å². The molecule has 1 saturated heterocycles. The quantitative estimate of drug-likeness (QED) is 0.641. The van der Waals surface area contributed by atoms with E-state index in [-0.39, 0.29) is 18.5 Å². The molecule has 0 aromatic heterocycles. The molecule has 0 saturated carbocycles. The van der Waals surface area contributed by atoms with Crippen molar-refractivity contribution >= 4 is 52.6 Å². The van der Waals surface area contributed by atoms with Crippen LogP contribution in [0.5, 0.6) is 5.75 Å². The van der Waals surface area contributed by atoms with Gasteiger partial charge in [-0.15, -0.1) is 0 Å².